The Bertz CT molecular complexity index is 773. The van der Waals surface area contributed by atoms with Gasteiger partial charge in [-0.3, -0.25) is 9.59 Å². The Morgan fingerprint density at radius 3 is 2.44 bits per heavy atom. The highest BCUT2D eigenvalue weighted by atomic mass is 16.5. The Morgan fingerprint density at radius 2 is 1.78 bits per heavy atom. The van der Waals surface area contributed by atoms with Crippen molar-refractivity contribution in [1.29, 1.82) is 0 Å². The molecule has 5 nitrogen and oxygen atoms in total. The third kappa shape index (κ3) is 6.13. The van der Waals surface area contributed by atoms with E-state index in [0.29, 0.717) is 12.3 Å². The van der Waals surface area contributed by atoms with E-state index in [1.807, 2.05) is 62.4 Å². The maximum absolute atomic E-state index is 12.8. The van der Waals surface area contributed by atoms with Crippen LogP contribution in [0.25, 0.3) is 0 Å². The van der Waals surface area contributed by atoms with Gasteiger partial charge in [-0.2, -0.15) is 0 Å². The third-order valence-corrected chi connectivity index (χ3v) is 4.36. The highest BCUT2D eigenvalue weighted by Crippen LogP contribution is 2.19. The molecule has 1 unspecified atom stereocenters. The smallest absolute Gasteiger partial charge is 0.310 e. The van der Waals surface area contributed by atoms with Crippen molar-refractivity contribution in [2.75, 3.05) is 20.3 Å². The summed E-state index contributed by atoms with van der Waals surface area (Å²) in [5.74, 6) is -0.223. The van der Waals surface area contributed by atoms with Crippen LogP contribution >= 0.6 is 0 Å². The van der Waals surface area contributed by atoms with E-state index in [0.717, 1.165) is 16.7 Å². The fraction of sp³-hybridized carbons (Fsp3) is 0.364. The number of aryl methyl sites for hydroxylation is 2. The molecule has 1 amide bonds. The van der Waals surface area contributed by atoms with Gasteiger partial charge in [0, 0.05) is 13.1 Å². The number of esters is 1. The van der Waals surface area contributed by atoms with Crippen molar-refractivity contribution in [3.8, 4) is 5.75 Å². The van der Waals surface area contributed by atoms with Crippen molar-refractivity contribution in [2.24, 2.45) is 5.92 Å². The standard InChI is InChI=1S/C22H27NO4/c1-16-10-11-17(2)20(12-16)27-15-21(24)23(13-18(3)22(25)26-4)14-19-8-6-5-7-9-19/h5-12,18H,13-15H2,1-4H3. The topological polar surface area (TPSA) is 55.8 Å². The summed E-state index contributed by atoms with van der Waals surface area (Å²) in [7, 11) is 1.35. The van der Waals surface area contributed by atoms with Crippen molar-refractivity contribution in [3.63, 3.8) is 0 Å². The lowest BCUT2D eigenvalue weighted by atomic mass is 10.1. The quantitative estimate of drug-likeness (QED) is 0.668. The van der Waals surface area contributed by atoms with Crippen LogP contribution in [0.4, 0.5) is 0 Å². The average Bonchev–Trinajstić information content (AvgIpc) is 2.67. The number of amides is 1. The molecule has 0 aliphatic carbocycles. The van der Waals surface area contributed by atoms with Gasteiger partial charge in [-0.05, 0) is 36.6 Å². The van der Waals surface area contributed by atoms with Gasteiger partial charge >= 0.3 is 5.97 Å². The summed E-state index contributed by atoms with van der Waals surface area (Å²) in [5.41, 5.74) is 3.05. The summed E-state index contributed by atoms with van der Waals surface area (Å²) in [6.07, 6.45) is 0. The van der Waals surface area contributed by atoms with Crippen molar-refractivity contribution in [1.82, 2.24) is 4.90 Å². The minimum absolute atomic E-state index is 0.0784. The van der Waals surface area contributed by atoms with E-state index < -0.39 is 5.92 Å². The van der Waals surface area contributed by atoms with E-state index >= 15 is 0 Å². The first kappa shape index (κ1) is 20.5. The molecule has 0 N–H and O–H groups in total. The van der Waals surface area contributed by atoms with Gasteiger partial charge in [-0.1, -0.05) is 49.4 Å². The van der Waals surface area contributed by atoms with Crippen molar-refractivity contribution >= 4 is 11.9 Å². The first-order valence-electron chi connectivity index (χ1n) is 9.00. The summed E-state index contributed by atoms with van der Waals surface area (Å²) in [4.78, 5) is 26.2. The van der Waals surface area contributed by atoms with Crippen molar-refractivity contribution in [2.45, 2.75) is 27.3 Å². The molecule has 5 heteroatoms. The number of nitrogens with zero attached hydrogens (tertiary/aromatic N) is 1. The summed E-state index contributed by atoms with van der Waals surface area (Å²) in [6, 6.07) is 15.6. The molecule has 0 bridgehead atoms. The first-order valence-corrected chi connectivity index (χ1v) is 9.00. The van der Waals surface area contributed by atoms with E-state index in [9.17, 15) is 9.59 Å². The fourth-order valence-corrected chi connectivity index (χ4v) is 2.76. The number of ether oxygens (including phenoxy) is 2. The highest BCUT2D eigenvalue weighted by molar-refractivity contribution is 5.79. The highest BCUT2D eigenvalue weighted by Gasteiger charge is 2.22. The van der Waals surface area contributed by atoms with Gasteiger partial charge in [0.2, 0.25) is 0 Å². The molecule has 0 aliphatic rings. The van der Waals surface area contributed by atoms with Crippen LogP contribution in [0, 0.1) is 19.8 Å². The lowest BCUT2D eigenvalue weighted by molar-refractivity contribution is -0.147. The lowest BCUT2D eigenvalue weighted by Crippen LogP contribution is -2.39. The second kappa shape index (κ2) is 9.76. The molecule has 2 aromatic carbocycles. The predicted molar refractivity (Wildman–Crippen MR) is 104 cm³/mol. The lowest BCUT2D eigenvalue weighted by Gasteiger charge is -2.25. The molecule has 0 fully saturated rings. The minimum Gasteiger partial charge on any atom is -0.483 e. The van der Waals surface area contributed by atoms with Crippen LogP contribution in [-0.2, 0) is 20.9 Å². The molecular weight excluding hydrogens is 342 g/mol. The largest absolute Gasteiger partial charge is 0.483 e. The van der Waals surface area contributed by atoms with Gasteiger partial charge < -0.3 is 14.4 Å². The number of carbonyl (C=O) groups is 2. The van der Waals surface area contributed by atoms with Crippen LogP contribution in [0.5, 0.6) is 5.75 Å². The molecule has 0 saturated heterocycles. The molecule has 1 atom stereocenters. The third-order valence-electron chi connectivity index (χ3n) is 4.36. The Morgan fingerprint density at radius 1 is 1.07 bits per heavy atom. The zero-order chi connectivity index (χ0) is 19.8. The molecule has 0 aliphatic heterocycles. The van der Waals surface area contributed by atoms with E-state index in [1.165, 1.54) is 7.11 Å². The Balaban J connectivity index is 2.09. The van der Waals surface area contributed by atoms with E-state index in [4.69, 9.17) is 9.47 Å². The van der Waals surface area contributed by atoms with Gasteiger partial charge in [0.1, 0.15) is 5.75 Å². The van der Waals surface area contributed by atoms with E-state index in [1.54, 1.807) is 11.8 Å². The van der Waals surface area contributed by atoms with Crippen LogP contribution in [0.1, 0.15) is 23.6 Å². The minimum atomic E-state index is -0.414. The fourth-order valence-electron chi connectivity index (χ4n) is 2.76. The molecule has 0 heterocycles. The number of benzene rings is 2. The van der Waals surface area contributed by atoms with Crippen LogP contribution in [0.3, 0.4) is 0 Å². The molecule has 0 saturated carbocycles. The molecule has 0 spiro atoms. The Labute approximate surface area is 160 Å². The normalized spacial score (nSPS) is 11.6. The van der Waals surface area contributed by atoms with Gasteiger partial charge in [0.25, 0.3) is 5.91 Å². The monoisotopic (exact) mass is 369 g/mol. The maximum Gasteiger partial charge on any atom is 0.310 e. The van der Waals surface area contributed by atoms with E-state index in [-0.39, 0.29) is 25.0 Å². The zero-order valence-corrected chi connectivity index (χ0v) is 16.4. The molecule has 144 valence electrons. The zero-order valence-electron chi connectivity index (χ0n) is 16.4. The van der Waals surface area contributed by atoms with Crippen molar-refractivity contribution in [3.05, 3.63) is 65.2 Å². The number of hydrogen-bond acceptors (Lipinski definition) is 4. The van der Waals surface area contributed by atoms with Gasteiger partial charge in [0.15, 0.2) is 6.61 Å². The van der Waals surface area contributed by atoms with Gasteiger partial charge in [-0.15, -0.1) is 0 Å². The number of methoxy groups -OCH3 is 1. The molecule has 27 heavy (non-hydrogen) atoms. The number of carbonyl (C=O) groups excluding carboxylic acids is 2. The summed E-state index contributed by atoms with van der Waals surface area (Å²) >= 11 is 0. The maximum atomic E-state index is 12.8. The molecule has 0 radical (unpaired) electrons. The summed E-state index contributed by atoms with van der Waals surface area (Å²) in [5, 5.41) is 0. The number of rotatable bonds is 8. The Kier molecular flexibility index (Phi) is 7.41. The molecule has 2 rings (SSSR count). The molecule has 2 aromatic rings. The first-order chi connectivity index (χ1) is 12.9. The Hall–Kier alpha value is -2.82. The molecular formula is C22H27NO4. The van der Waals surface area contributed by atoms with Crippen LogP contribution < -0.4 is 4.74 Å². The predicted octanol–water partition coefficient (Wildman–Crippen LogP) is 3.52. The SMILES string of the molecule is COC(=O)C(C)CN(Cc1ccccc1)C(=O)COc1cc(C)ccc1C. The van der Waals surface area contributed by atoms with Crippen LogP contribution in [-0.4, -0.2) is 37.0 Å². The van der Waals surface area contributed by atoms with E-state index in [2.05, 4.69) is 0 Å². The van der Waals surface area contributed by atoms with Gasteiger partial charge in [-0.25, -0.2) is 0 Å². The second-order valence-electron chi connectivity index (χ2n) is 6.74. The second-order valence-corrected chi connectivity index (χ2v) is 6.74. The van der Waals surface area contributed by atoms with Crippen LogP contribution in [0.2, 0.25) is 0 Å². The van der Waals surface area contributed by atoms with Crippen LogP contribution in [0.15, 0.2) is 48.5 Å². The van der Waals surface area contributed by atoms with Crippen molar-refractivity contribution < 1.29 is 19.1 Å². The summed E-state index contributed by atoms with van der Waals surface area (Å²) in [6.45, 7) is 6.29. The molecule has 0 aromatic heterocycles. The number of hydrogen-bond donors (Lipinski definition) is 0. The average molecular weight is 369 g/mol. The summed E-state index contributed by atoms with van der Waals surface area (Å²) < 4.78 is 10.6. The van der Waals surface area contributed by atoms with Gasteiger partial charge in [0.05, 0.1) is 13.0 Å².